The van der Waals surface area contributed by atoms with Crippen LogP contribution in [0, 0.1) is 6.92 Å². The number of aryl methyl sites for hydroxylation is 1. The van der Waals surface area contributed by atoms with Crippen LogP contribution in [0.4, 0.5) is 5.69 Å². The van der Waals surface area contributed by atoms with Gasteiger partial charge in [-0.1, -0.05) is 54.3 Å². The van der Waals surface area contributed by atoms with Crippen LogP contribution in [0.25, 0.3) is 0 Å². The second-order valence-electron chi connectivity index (χ2n) is 9.26. The Hall–Kier alpha value is -2.78. The first-order chi connectivity index (χ1) is 17.0. The summed E-state index contributed by atoms with van der Waals surface area (Å²) in [5.74, 6) is -0.512. The van der Waals surface area contributed by atoms with E-state index in [0.717, 1.165) is 47.4 Å². The van der Waals surface area contributed by atoms with Gasteiger partial charge in [-0.2, -0.15) is 0 Å². The first-order valence-electron chi connectivity index (χ1n) is 12.0. The van der Waals surface area contributed by atoms with Crippen LogP contribution in [0.1, 0.15) is 43.7 Å². The third kappa shape index (κ3) is 7.13. The van der Waals surface area contributed by atoms with Crippen LogP contribution in [0.5, 0.6) is 5.75 Å². The summed E-state index contributed by atoms with van der Waals surface area (Å²) in [6, 6.07) is 11.5. The van der Waals surface area contributed by atoms with Crippen molar-refractivity contribution in [2.45, 2.75) is 58.2 Å². The summed E-state index contributed by atoms with van der Waals surface area (Å²) in [7, 11) is -2.48. The van der Waals surface area contributed by atoms with E-state index in [2.05, 4.69) is 5.32 Å². The monoisotopic (exact) mass is 535 g/mol. The molecule has 0 saturated heterocycles. The molecular formula is C26H34ClN3O5S. The lowest BCUT2D eigenvalue weighted by molar-refractivity contribution is -0.139. The second-order valence-corrected chi connectivity index (χ2v) is 11.6. The number of rotatable bonds is 10. The minimum atomic E-state index is -3.89. The maximum atomic E-state index is 13.7. The molecule has 1 fully saturated rings. The number of hydrogen-bond acceptors (Lipinski definition) is 5. The molecule has 10 heteroatoms. The minimum absolute atomic E-state index is 0.0964. The van der Waals surface area contributed by atoms with E-state index in [1.807, 2.05) is 31.2 Å². The van der Waals surface area contributed by atoms with Gasteiger partial charge in [0.15, 0.2) is 0 Å². The van der Waals surface area contributed by atoms with E-state index < -0.39 is 28.5 Å². The number of carbonyl (C=O) groups excluding carboxylic acids is 2. The summed E-state index contributed by atoms with van der Waals surface area (Å²) in [4.78, 5) is 28.2. The van der Waals surface area contributed by atoms with Crippen LogP contribution in [0.3, 0.4) is 0 Å². The standard InChI is InChI=1S/C26H34ClN3O5S/c1-18-8-7-9-20(14-18)16-29(19(2)26(32)28-22-10-5-6-11-22)25(31)17-30(36(4,33)34)23-15-21(27)12-13-24(23)35-3/h7-9,12-15,19,22H,5-6,10-11,16-17H2,1-4H3,(H,28,32). The van der Waals surface area contributed by atoms with Crippen molar-refractivity contribution >= 4 is 39.1 Å². The summed E-state index contributed by atoms with van der Waals surface area (Å²) < 4.78 is 31.9. The molecule has 0 radical (unpaired) electrons. The number of halogens is 1. The summed E-state index contributed by atoms with van der Waals surface area (Å²) >= 11 is 6.14. The highest BCUT2D eigenvalue weighted by atomic mass is 35.5. The van der Waals surface area contributed by atoms with Crippen LogP contribution in [0.15, 0.2) is 42.5 Å². The number of nitrogens with one attached hydrogen (secondary N) is 1. The molecule has 8 nitrogen and oxygen atoms in total. The fraction of sp³-hybridized carbons (Fsp3) is 0.462. The third-order valence-corrected chi connectivity index (χ3v) is 7.75. The zero-order chi connectivity index (χ0) is 26.5. The average molecular weight is 536 g/mol. The molecule has 1 atom stereocenters. The SMILES string of the molecule is COc1ccc(Cl)cc1N(CC(=O)N(Cc1cccc(C)c1)C(C)C(=O)NC1CCCC1)S(C)(=O)=O. The zero-order valence-electron chi connectivity index (χ0n) is 21.2. The highest BCUT2D eigenvalue weighted by Gasteiger charge is 2.32. The van der Waals surface area contributed by atoms with Crippen molar-refractivity contribution in [2.24, 2.45) is 0 Å². The Kier molecular flexibility index (Phi) is 9.24. The summed E-state index contributed by atoms with van der Waals surface area (Å²) in [5.41, 5.74) is 2.01. The van der Waals surface area contributed by atoms with Crippen molar-refractivity contribution in [3.05, 3.63) is 58.6 Å². The molecule has 0 heterocycles. The molecule has 1 unspecified atom stereocenters. The van der Waals surface area contributed by atoms with Gasteiger partial charge in [0.05, 0.1) is 19.1 Å². The van der Waals surface area contributed by atoms with Gasteiger partial charge in [0, 0.05) is 17.6 Å². The number of anilines is 1. The van der Waals surface area contributed by atoms with Gasteiger partial charge >= 0.3 is 0 Å². The van der Waals surface area contributed by atoms with Gasteiger partial charge in [-0.15, -0.1) is 0 Å². The molecule has 36 heavy (non-hydrogen) atoms. The van der Waals surface area contributed by atoms with Gasteiger partial charge in [-0.25, -0.2) is 8.42 Å². The predicted molar refractivity (Wildman–Crippen MR) is 142 cm³/mol. The third-order valence-electron chi connectivity index (χ3n) is 6.39. The molecule has 2 aromatic rings. The number of amides is 2. The first kappa shape index (κ1) is 27.8. The lowest BCUT2D eigenvalue weighted by Crippen LogP contribution is -2.52. The van der Waals surface area contributed by atoms with E-state index in [-0.39, 0.29) is 29.9 Å². The van der Waals surface area contributed by atoms with Gasteiger partial charge in [0.1, 0.15) is 18.3 Å². The van der Waals surface area contributed by atoms with Crippen molar-refractivity contribution in [3.8, 4) is 5.75 Å². The Morgan fingerprint density at radius 1 is 1.17 bits per heavy atom. The molecule has 0 spiro atoms. The molecule has 196 valence electrons. The zero-order valence-corrected chi connectivity index (χ0v) is 22.7. The highest BCUT2D eigenvalue weighted by molar-refractivity contribution is 7.92. The Morgan fingerprint density at radius 2 is 1.86 bits per heavy atom. The van der Waals surface area contributed by atoms with Gasteiger partial charge in [-0.3, -0.25) is 13.9 Å². The largest absolute Gasteiger partial charge is 0.495 e. The van der Waals surface area contributed by atoms with E-state index in [4.69, 9.17) is 16.3 Å². The quantitative estimate of drug-likeness (QED) is 0.498. The number of hydrogen-bond donors (Lipinski definition) is 1. The molecule has 1 saturated carbocycles. The topological polar surface area (TPSA) is 96.0 Å². The van der Waals surface area contributed by atoms with E-state index in [1.165, 1.54) is 18.1 Å². The van der Waals surface area contributed by atoms with Gasteiger partial charge in [0.25, 0.3) is 0 Å². The molecule has 1 aliphatic carbocycles. The van der Waals surface area contributed by atoms with Crippen LogP contribution >= 0.6 is 11.6 Å². The van der Waals surface area contributed by atoms with Gasteiger partial charge < -0.3 is 15.0 Å². The lowest BCUT2D eigenvalue weighted by Gasteiger charge is -2.32. The number of methoxy groups -OCH3 is 1. The molecule has 3 rings (SSSR count). The summed E-state index contributed by atoms with van der Waals surface area (Å²) in [6.07, 6.45) is 4.98. The predicted octanol–water partition coefficient (Wildman–Crippen LogP) is 3.90. The Morgan fingerprint density at radius 3 is 2.47 bits per heavy atom. The van der Waals surface area contributed by atoms with Crippen molar-refractivity contribution in [1.82, 2.24) is 10.2 Å². The summed E-state index contributed by atoms with van der Waals surface area (Å²) in [5, 5.41) is 3.35. The maximum Gasteiger partial charge on any atom is 0.244 e. The van der Waals surface area contributed by atoms with Crippen molar-refractivity contribution < 1.29 is 22.7 Å². The molecule has 0 bridgehead atoms. The van der Waals surface area contributed by atoms with E-state index in [9.17, 15) is 18.0 Å². The van der Waals surface area contributed by atoms with Crippen LogP contribution in [0.2, 0.25) is 5.02 Å². The highest BCUT2D eigenvalue weighted by Crippen LogP contribution is 2.33. The molecule has 2 amide bonds. The molecule has 0 aliphatic heterocycles. The number of ether oxygens (including phenoxy) is 1. The Balaban J connectivity index is 1.93. The minimum Gasteiger partial charge on any atom is -0.495 e. The van der Waals surface area contributed by atoms with Crippen LogP contribution in [-0.4, -0.2) is 57.1 Å². The van der Waals surface area contributed by atoms with Crippen molar-refractivity contribution in [2.75, 3.05) is 24.2 Å². The number of carbonyl (C=O) groups is 2. The number of nitrogens with zero attached hydrogens (tertiary/aromatic N) is 2. The van der Waals surface area contributed by atoms with E-state index in [1.54, 1.807) is 19.1 Å². The normalized spacial score (nSPS) is 14.8. The second kappa shape index (κ2) is 12.0. The fourth-order valence-electron chi connectivity index (χ4n) is 4.43. The first-order valence-corrected chi connectivity index (χ1v) is 14.2. The molecule has 0 aromatic heterocycles. The summed E-state index contributed by atoms with van der Waals surface area (Å²) in [6.45, 7) is 3.26. The van der Waals surface area contributed by atoms with E-state index in [0.29, 0.717) is 5.02 Å². The van der Waals surface area contributed by atoms with Crippen molar-refractivity contribution in [3.63, 3.8) is 0 Å². The number of benzene rings is 2. The smallest absolute Gasteiger partial charge is 0.244 e. The van der Waals surface area contributed by atoms with Crippen LogP contribution in [-0.2, 0) is 26.2 Å². The van der Waals surface area contributed by atoms with Crippen molar-refractivity contribution in [1.29, 1.82) is 0 Å². The fourth-order valence-corrected chi connectivity index (χ4v) is 5.45. The van der Waals surface area contributed by atoms with Gasteiger partial charge in [-0.05, 0) is 50.5 Å². The molecule has 1 N–H and O–H groups in total. The average Bonchev–Trinajstić information content (AvgIpc) is 3.32. The Labute approximate surface area is 218 Å². The molecule has 1 aliphatic rings. The molecule has 2 aromatic carbocycles. The molecular weight excluding hydrogens is 502 g/mol. The van der Waals surface area contributed by atoms with E-state index >= 15 is 0 Å². The Bertz CT molecular complexity index is 1200. The van der Waals surface area contributed by atoms with Crippen LogP contribution < -0.4 is 14.4 Å². The lowest BCUT2D eigenvalue weighted by atomic mass is 10.1. The van der Waals surface area contributed by atoms with Gasteiger partial charge in [0.2, 0.25) is 21.8 Å². The maximum absolute atomic E-state index is 13.7. The number of sulfonamides is 1.